The molecule has 5 nitrogen and oxygen atoms in total. The average molecular weight is 469 g/mol. The maximum atomic E-state index is 13.9. The van der Waals surface area contributed by atoms with Crippen LogP contribution in [0.5, 0.6) is 5.75 Å². The summed E-state index contributed by atoms with van der Waals surface area (Å²) in [6, 6.07) is 10.0. The molecule has 0 saturated heterocycles. The van der Waals surface area contributed by atoms with Gasteiger partial charge in [0.1, 0.15) is 6.04 Å². The zero-order chi connectivity index (χ0) is 23.0. The molecule has 0 saturated carbocycles. The van der Waals surface area contributed by atoms with Crippen molar-refractivity contribution in [1.29, 1.82) is 0 Å². The standard InChI is InChI=1S/C23H27Cl2FN2O3/c1-4-15(3)27-23(30)20(5-2)28(13-16-17(24)9-8-10-18(16)25)22(29)14-31-21-12-7-6-11-19(21)26/h6-12,15,20H,4-5,13-14H2,1-3H3,(H,27,30)/t15-,20-/m0/s1. The Hall–Kier alpha value is -2.31. The lowest BCUT2D eigenvalue weighted by atomic mass is 10.1. The summed E-state index contributed by atoms with van der Waals surface area (Å²) < 4.78 is 19.3. The van der Waals surface area contributed by atoms with Gasteiger partial charge < -0.3 is 15.0 Å². The third-order valence-corrected chi connectivity index (χ3v) is 5.67. The van der Waals surface area contributed by atoms with Gasteiger partial charge in [0.25, 0.3) is 5.91 Å². The van der Waals surface area contributed by atoms with Crippen molar-refractivity contribution in [3.05, 3.63) is 63.9 Å². The maximum absolute atomic E-state index is 13.9. The minimum atomic E-state index is -0.766. The van der Waals surface area contributed by atoms with Gasteiger partial charge in [-0.2, -0.15) is 0 Å². The zero-order valence-corrected chi connectivity index (χ0v) is 19.3. The number of nitrogens with zero attached hydrogens (tertiary/aromatic N) is 1. The summed E-state index contributed by atoms with van der Waals surface area (Å²) in [7, 11) is 0. The van der Waals surface area contributed by atoms with E-state index in [4.69, 9.17) is 27.9 Å². The molecule has 168 valence electrons. The van der Waals surface area contributed by atoms with Gasteiger partial charge in [0.15, 0.2) is 18.2 Å². The minimum Gasteiger partial charge on any atom is -0.481 e. The number of rotatable bonds is 10. The van der Waals surface area contributed by atoms with E-state index in [0.717, 1.165) is 6.42 Å². The molecule has 2 aromatic rings. The van der Waals surface area contributed by atoms with Crippen LogP contribution >= 0.6 is 23.2 Å². The molecule has 2 aromatic carbocycles. The Bertz CT molecular complexity index is 890. The second kappa shape index (κ2) is 11.9. The molecule has 0 fully saturated rings. The van der Waals surface area contributed by atoms with Gasteiger partial charge in [0.2, 0.25) is 5.91 Å². The van der Waals surface area contributed by atoms with Crippen LogP contribution in [0.15, 0.2) is 42.5 Å². The van der Waals surface area contributed by atoms with Crippen molar-refractivity contribution in [3.8, 4) is 5.75 Å². The number of carbonyl (C=O) groups excluding carboxylic acids is 2. The summed E-state index contributed by atoms with van der Waals surface area (Å²) in [6.07, 6.45) is 1.12. The number of halogens is 3. The quantitative estimate of drug-likeness (QED) is 0.518. The highest BCUT2D eigenvalue weighted by atomic mass is 35.5. The molecular formula is C23H27Cl2FN2O3. The van der Waals surface area contributed by atoms with Crippen molar-refractivity contribution in [2.75, 3.05) is 6.61 Å². The van der Waals surface area contributed by atoms with E-state index in [1.165, 1.54) is 23.1 Å². The second-order valence-electron chi connectivity index (χ2n) is 7.18. The fraction of sp³-hybridized carbons (Fsp3) is 0.391. The number of carbonyl (C=O) groups is 2. The van der Waals surface area contributed by atoms with Gasteiger partial charge in [-0.25, -0.2) is 4.39 Å². The van der Waals surface area contributed by atoms with Gasteiger partial charge in [-0.3, -0.25) is 9.59 Å². The molecule has 0 aliphatic carbocycles. The van der Waals surface area contributed by atoms with E-state index in [1.54, 1.807) is 24.3 Å². The van der Waals surface area contributed by atoms with E-state index in [0.29, 0.717) is 22.0 Å². The number of ether oxygens (including phenoxy) is 1. The lowest BCUT2D eigenvalue weighted by Crippen LogP contribution is -2.51. The fourth-order valence-corrected chi connectivity index (χ4v) is 3.52. The lowest BCUT2D eigenvalue weighted by molar-refractivity contribution is -0.143. The van der Waals surface area contributed by atoms with Crippen LogP contribution in [0.4, 0.5) is 4.39 Å². The van der Waals surface area contributed by atoms with Gasteiger partial charge in [0, 0.05) is 28.2 Å². The molecule has 0 aliphatic rings. The van der Waals surface area contributed by atoms with Crippen LogP contribution in [-0.4, -0.2) is 35.4 Å². The van der Waals surface area contributed by atoms with Gasteiger partial charge >= 0.3 is 0 Å². The van der Waals surface area contributed by atoms with E-state index in [1.807, 2.05) is 20.8 Å². The average Bonchev–Trinajstić information content (AvgIpc) is 2.74. The van der Waals surface area contributed by atoms with Crippen LogP contribution in [0.1, 0.15) is 39.2 Å². The van der Waals surface area contributed by atoms with Gasteiger partial charge in [-0.05, 0) is 44.0 Å². The molecule has 0 bridgehead atoms. The summed E-state index contributed by atoms with van der Waals surface area (Å²) >= 11 is 12.6. The third-order valence-electron chi connectivity index (χ3n) is 4.96. The molecular weight excluding hydrogens is 442 g/mol. The number of amides is 2. The molecule has 0 radical (unpaired) electrons. The Morgan fingerprint density at radius 3 is 2.29 bits per heavy atom. The Balaban J connectivity index is 2.30. The monoisotopic (exact) mass is 468 g/mol. The first-order valence-corrected chi connectivity index (χ1v) is 10.9. The van der Waals surface area contributed by atoms with Crippen LogP contribution in [0, 0.1) is 5.82 Å². The van der Waals surface area contributed by atoms with E-state index in [2.05, 4.69) is 5.32 Å². The Labute approximate surface area is 192 Å². The first kappa shape index (κ1) is 25.0. The van der Waals surface area contributed by atoms with Crippen LogP contribution in [0.25, 0.3) is 0 Å². The number of nitrogens with one attached hydrogen (secondary N) is 1. The van der Waals surface area contributed by atoms with Gasteiger partial charge in [-0.15, -0.1) is 0 Å². The Morgan fingerprint density at radius 1 is 1.06 bits per heavy atom. The van der Waals surface area contributed by atoms with Crippen molar-refractivity contribution in [2.45, 2.75) is 52.2 Å². The summed E-state index contributed by atoms with van der Waals surface area (Å²) in [6.45, 7) is 5.25. The Kier molecular flexibility index (Phi) is 9.59. The van der Waals surface area contributed by atoms with Crippen molar-refractivity contribution >= 4 is 35.0 Å². The van der Waals surface area contributed by atoms with E-state index in [9.17, 15) is 14.0 Å². The lowest BCUT2D eigenvalue weighted by Gasteiger charge is -2.31. The molecule has 0 aromatic heterocycles. The first-order valence-electron chi connectivity index (χ1n) is 10.2. The Morgan fingerprint density at radius 2 is 1.71 bits per heavy atom. The topological polar surface area (TPSA) is 58.6 Å². The van der Waals surface area contributed by atoms with Gasteiger partial charge in [-0.1, -0.05) is 55.2 Å². The number of hydrogen-bond donors (Lipinski definition) is 1. The van der Waals surface area contributed by atoms with Crippen LogP contribution in [-0.2, 0) is 16.1 Å². The fourth-order valence-electron chi connectivity index (χ4n) is 3.00. The largest absolute Gasteiger partial charge is 0.481 e. The molecule has 8 heteroatoms. The number of para-hydroxylation sites is 1. The van der Waals surface area contributed by atoms with Crippen molar-refractivity contribution in [2.24, 2.45) is 0 Å². The summed E-state index contributed by atoms with van der Waals surface area (Å²) in [5.74, 6) is -1.37. The van der Waals surface area contributed by atoms with E-state index >= 15 is 0 Å². The van der Waals surface area contributed by atoms with Crippen molar-refractivity contribution in [1.82, 2.24) is 10.2 Å². The normalized spacial score (nSPS) is 12.7. The smallest absolute Gasteiger partial charge is 0.261 e. The molecule has 31 heavy (non-hydrogen) atoms. The van der Waals surface area contributed by atoms with Crippen molar-refractivity contribution in [3.63, 3.8) is 0 Å². The summed E-state index contributed by atoms with van der Waals surface area (Å²) in [4.78, 5) is 27.4. The van der Waals surface area contributed by atoms with Crippen LogP contribution < -0.4 is 10.1 Å². The van der Waals surface area contributed by atoms with E-state index < -0.39 is 24.4 Å². The highest BCUT2D eigenvalue weighted by Gasteiger charge is 2.30. The third kappa shape index (κ3) is 6.84. The molecule has 0 aliphatic heterocycles. The highest BCUT2D eigenvalue weighted by Crippen LogP contribution is 2.27. The first-order chi connectivity index (χ1) is 14.8. The van der Waals surface area contributed by atoms with Crippen molar-refractivity contribution < 1.29 is 18.7 Å². The molecule has 2 rings (SSSR count). The predicted molar refractivity (Wildman–Crippen MR) is 121 cm³/mol. The predicted octanol–water partition coefficient (Wildman–Crippen LogP) is 5.23. The molecule has 0 unspecified atom stereocenters. The molecule has 0 spiro atoms. The van der Waals surface area contributed by atoms with Crippen LogP contribution in [0.2, 0.25) is 10.0 Å². The zero-order valence-electron chi connectivity index (χ0n) is 17.8. The van der Waals surface area contributed by atoms with Crippen LogP contribution in [0.3, 0.4) is 0 Å². The SMILES string of the molecule is CC[C@H](C)NC(=O)[C@H](CC)N(Cc1c(Cl)cccc1Cl)C(=O)COc1ccccc1F. The number of hydrogen-bond acceptors (Lipinski definition) is 3. The number of benzene rings is 2. The minimum absolute atomic E-state index is 0.0183. The van der Waals surface area contributed by atoms with E-state index in [-0.39, 0.29) is 24.2 Å². The second-order valence-corrected chi connectivity index (χ2v) is 8.00. The molecule has 2 atom stereocenters. The summed E-state index contributed by atoms with van der Waals surface area (Å²) in [5, 5.41) is 3.69. The maximum Gasteiger partial charge on any atom is 0.261 e. The van der Waals surface area contributed by atoms with Gasteiger partial charge in [0.05, 0.1) is 0 Å². The molecule has 1 N–H and O–H groups in total. The molecule has 0 heterocycles. The highest BCUT2D eigenvalue weighted by molar-refractivity contribution is 6.36. The summed E-state index contributed by atoms with van der Waals surface area (Å²) in [5.41, 5.74) is 0.528. The molecule has 2 amide bonds.